The minimum atomic E-state index is -0.481. The molecule has 3 atom stereocenters. The molecule has 1 aromatic heterocycles. The summed E-state index contributed by atoms with van der Waals surface area (Å²) in [5.74, 6) is 3.36. The lowest BCUT2D eigenvalue weighted by Crippen LogP contribution is -2.34. The van der Waals surface area contributed by atoms with Gasteiger partial charge in [-0.25, -0.2) is 0 Å². The van der Waals surface area contributed by atoms with E-state index in [1.807, 2.05) is 26.0 Å². The Bertz CT molecular complexity index is 452. The minimum Gasteiger partial charge on any atom is -0.466 e. The summed E-state index contributed by atoms with van der Waals surface area (Å²) in [7, 11) is 0. The third kappa shape index (κ3) is 4.10. The van der Waals surface area contributed by atoms with E-state index in [1.54, 1.807) is 0 Å². The van der Waals surface area contributed by atoms with Crippen molar-refractivity contribution in [3.8, 4) is 0 Å². The van der Waals surface area contributed by atoms with E-state index in [0.29, 0.717) is 25.3 Å². The van der Waals surface area contributed by atoms with Crippen LogP contribution in [-0.2, 0) is 11.2 Å². The summed E-state index contributed by atoms with van der Waals surface area (Å²) in [5, 5.41) is 12.4. The highest BCUT2D eigenvalue weighted by Crippen LogP contribution is 2.47. The van der Waals surface area contributed by atoms with Crippen molar-refractivity contribution in [2.24, 2.45) is 11.8 Å². The minimum absolute atomic E-state index is 0.0394. The standard InChI is InChI=1S/C16H25NO3/c1-10(2)14(18)9-17-16(19)7-5-12-4-6-15(20-12)13-8-11(13)3/h4,6,10-11,13-14,18H,5,7-9H2,1-3H3,(H,17,19). The zero-order chi connectivity index (χ0) is 14.7. The van der Waals surface area contributed by atoms with Crippen LogP contribution in [0.4, 0.5) is 0 Å². The van der Waals surface area contributed by atoms with Crippen LogP contribution in [0.25, 0.3) is 0 Å². The van der Waals surface area contributed by atoms with Crippen molar-refractivity contribution in [3.05, 3.63) is 23.7 Å². The van der Waals surface area contributed by atoms with E-state index < -0.39 is 6.10 Å². The summed E-state index contributed by atoms with van der Waals surface area (Å²) in [6, 6.07) is 4.00. The first-order valence-electron chi connectivity index (χ1n) is 7.50. The van der Waals surface area contributed by atoms with Gasteiger partial charge in [0.15, 0.2) is 0 Å². The summed E-state index contributed by atoms with van der Waals surface area (Å²) >= 11 is 0. The predicted molar refractivity (Wildman–Crippen MR) is 77.4 cm³/mol. The average Bonchev–Trinajstić information content (AvgIpc) is 2.96. The van der Waals surface area contributed by atoms with Gasteiger partial charge in [-0.15, -0.1) is 0 Å². The van der Waals surface area contributed by atoms with Crippen molar-refractivity contribution in [1.29, 1.82) is 0 Å². The summed E-state index contributed by atoms with van der Waals surface area (Å²) < 4.78 is 5.76. The maximum atomic E-state index is 11.7. The Labute approximate surface area is 120 Å². The zero-order valence-electron chi connectivity index (χ0n) is 12.6. The Morgan fingerprint density at radius 2 is 2.20 bits per heavy atom. The lowest BCUT2D eigenvalue weighted by molar-refractivity contribution is -0.121. The Balaban J connectivity index is 1.69. The molecule has 4 nitrogen and oxygen atoms in total. The van der Waals surface area contributed by atoms with Crippen LogP contribution in [0.2, 0.25) is 0 Å². The molecule has 1 aromatic rings. The second-order valence-corrected chi connectivity index (χ2v) is 6.24. The van der Waals surface area contributed by atoms with E-state index in [2.05, 4.69) is 12.2 Å². The zero-order valence-corrected chi connectivity index (χ0v) is 12.6. The largest absolute Gasteiger partial charge is 0.466 e. The number of aliphatic hydroxyl groups is 1. The van der Waals surface area contributed by atoms with Crippen molar-refractivity contribution in [2.75, 3.05) is 6.54 Å². The highest BCUT2D eigenvalue weighted by atomic mass is 16.3. The number of furan rings is 1. The molecule has 2 N–H and O–H groups in total. The normalized spacial score (nSPS) is 22.9. The Morgan fingerprint density at radius 1 is 1.50 bits per heavy atom. The first-order valence-corrected chi connectivity index (χ1v) is 7.50. The molecule has 0 saturated heterocycles. The first kappa shape index (κ1) is 15.1. The maximum Gasteiger partial charge on any atom is 0.220 e. The molecule has 1 fully saturated rings. The molecule has 4 heteroatoms. The average molecular weight is 279 g/mol. The van der Waals surface area contributed by atoms with Crippen LogP contribution in [-0.4, -0.2) is 23.7 Å². The van der Waals surface area contributed by atoms with E-state index >= 15 is 0 Å². The van der Waals surface area contributed by atoms with Gasteiger partial charge in [0.25, 0.3) is 0 Å². The molecule has 0 spiro atoms. The summed E-state index contributed by atoms with van der Waals surface area (Å²) in [5.41, 5.74) is 0. The molecule has 0 radical (unpaired) electrons. The number of hydrogen-bond acceptors (Lipinski definition) is 3. The lowest BCUT2D eigenvalue weighted by Gasteiger charge is -2.14. The Kier molecular flexibility index (Phi) is 4.86. The van der Waals surface area contributed by atoms with Crippen LogP contribution < -0.4 is 5.32 Å². The van der Waals surface area contributed by atoms with E-state index in [9.17, 15) is 9.90 Å². The van der Waals surface area contributed by atoms with Crippen LogP contribution in [0.1, 0.15) is 51.1 Å². The maximum absolute atomic E-state index is 11.7. The molecule has 20 heavy (non-hydrogen) atoms. The molecule has 1 amide bonds. The molecule has 0 bridgehead atoms. The smallest absolute Gasteiger partial charge is 0.220 e. The number of nitrogens with one attached hydrogen (secondary N) is 1. The van der Waals surface area contributed by atoms with E-state index in [-0.39, 0.29) is 11.8 Å². The van der Waals surface area contributed by atoms with Crippen LogP contribution in [0.15, 0.2) is 16.5 Å². The third-order valence-electron chi connectivity index (χ3n) is 4.03. The van der Waals surface area contributed by atoms with Crippen molar-refractivity contribution in [1.82, 2.24) is 5.32 Å². The molecule has 1 saturated carbocycles. The lowest BCUT2D eigenvalue weighted by atomic mass is 10.1. The van der Waals surface area contributed by atoms with Crippen LogP contribution in [0.5, 0.6) is 0 Å². The van der Waals surface area contributed by atoms with Gasteiger partial charge in [0.2, 0.25) is 5.91 Å². The number of hydrogen-bond donors (Lipinski definition) is 2. The Hall–Kier alpha value is -1.29. The topological polar surface area (TPSA) is 62.5 Å². The van der Waals surface area contributed by atoms with Crippen molar-refractivity contribution >= 4 is 5.91 Å². The number of amides is 1. The first-order chi connectivity index (χ1) is 9.47. The quantitative estimate of drug-likeness (QED) is 0.806. The third-order valence-corrected chi connectivity index (χ3v) is 4.03. The monoisotopic (exact) mass is 279 g/mol. The molecule has 1 aliphatic carbocycles. The molecule has 112 valence electrons. The molecular weight excluding hydrogens is 254 g/mol. The summed E-state index contributed by atoms with van der Waals surface area (Å²) in [6.07, 6.45) is 1.74. The van der Waals surface area contributed by atoms with Crippen LogP contribution >= 0.6 is 0 Å². The van der Waals surface area contributed by atoms with Gasteiger partial charge in [-0.2, -0.15) is 0 Å². The van der Waals surface area contributed by atoms with E-state index in [1.165, 1.54) is 6.42 Å². The molecule has 3 unspecified atom stereocenters. The van der Waals surface area contributed by atoms with Gasteiger partial charge in [0.1, 0.15) is 11.5 Å². The summed E-state index contributed by atoms with van der Waals surface area (Å²) in [4.78, 5) is 11.7. The van der Waals surface area contributed by atoms with Gasteiger partial charge in [0, 0.05) is 25.3 Å². The van der Waals surface area contributed by atoms with Gasteiger partial charge in [-0.3, -0.25) is 4.79 Å². The fourth-order valence-electron chi connectivity index (χ4n) is 2.23. The number of carbonyl (C=O) groups is 1. The van der Waals surface area contributed by atoms with Gasteiger partial charge < -0.3 is 14.8 Å². The molecule has 0 aliphatic heterocycles. The highest BCUT2D eigenvalue weighted by Gasteiger charge is 2.36. The number of aliphatic hydroxyl groups excluding tert-OH is 1. The van der Waals surface area contributed by atoms with Gasteiger partial charge >= 0.3 is 0 Å². The number of aryl methyl sites for hydroxylation is 1. The van der Waals surface area contributed by atoms with Gasteiger partial charge in [0.05, 0.1) is 6.10 Å². The van der Waals surface area contributed by atoms with Crippen molar-refractivity contribution in [3.63, 3.8) is 0 Å². The van der Waals surface area contributed by atoms with E-state index in [0.717, 1.165) is 17.4 Å². The fraction of sp³-hybridized carbons (Fsp3) is 0.688. The molecule has 1 heterocycles. The predicted octanol–water partition coefficient (Wildman–Crippen LogP) is 2.47. The second kappa shape index (κ2) is 6.44. The van der Waals surface area contributed by atoms with Gasteiger partial charge in [-0.05, 0) is 30.4 Å². The Morgan fingerprint density at radius 3 is 2.80 bits per heavy atom. The fourth-order valence-corrected chi connectivity index (χ4v) is 2.23. The summed E-state index contributed by atoms with van der Waals surface area (Å²) in [6.45, 7) is 6.40. The van der Waals surface area contributed by atoms with Crippen LogP contribution in [0.3, 0.4) is 0 Å². The highest BCUT2D eigenvalue weighted by molar-refractivity contribution is 5.76. The number of rotatable bonds is 7. The van der Waals surface area contributed by atoms with Crippen molar-refractivity contribution in [2.45, 2.75) is 52.1 Å². The molecule has 2 rings (SSSR count). The van der Waals surface area contributed by atoms with E-state index in [4.69, 9.17) is 4.42 Å². The van der Waals surface area contributed by atoms with Gasteiger partial charge in [-0.1, -0.05) is 20.8 Å². The van der Waals surface area contributed by atoms with Crippen LogP contribution in [0, 0.1) is 11.8 Å². The molecular formula is C16H25NO3. The molecule has 1 aliphatic rings. The SMILES string of the molecule is CC(C)C(O)CNC(=O)CCc1ccc(C2CC2C)o1. The number of carbonyl (C=O) groups excluding carboxylic acids is 1. The second-order valence-electron chi connectivity index (χ2n) is 6.24. The van der Waals surface area contributed by atoms with Crippen molar-refractivity contribution < 1.29 is 14.3 Å². The molecule has 0 aromatic carbocycles.